The van der Waals surface area contributed by atoms with E-state index in [0.29, 0.717) is 44.2 Å². The van der Waals surface area contributed by atoms with E-state index in [0.717, 1.165) is 75.6 Å². The lowest BCUT2D eigenvalue weighted by Crippen LogP contribution is -2.73. The van der Waals surface area contributed by atoms with E-state index in [1.54, 1.807) is 13.0 Å². The second-order valence-electron chi connectivity index (χ2n) is 15.2. The summed E-state index contributed by atoms with van der Waals surface area (Å²) in [4.78, 5) is 34.2. The van der Waals surface area contributed by atoms with Crippen molar-refractivity contribution < 1.29 is 28.2 Å². The Bertz CT molecular complexity index is 1530. The lowest BCUT2D eigenvalue weighted by molar-refractivity contribution is -0.132. The number of aryl methyl sites for hydroxylation is 1. The first kappa shape index (κ1) is 38.4. The summed E-state index contributed by atoms with van der Waals surface area (Å²) in [5.41, 5.74) is 2.23. The van der Waals surface area contributed by atoms with E-state index >= 15 is 4.39 Å². The van der Waals surface area contributed by atoms with Gasteiger partial charge in [0.05, 0.1) is 24.0 Å². The van der Waals surface area contributed by atoms with Gasteiger partial charge in [0.2, 0.25) is 11.8 Å². The minimum Gasteiger partial charge on any atom is -0.482 e. The molecule has 12 nitrogen and oxygen atoms in total. The minimum absolute atomic E-state index is 0.0663. The van der Waals surface area contributed by atoms with Crippen molar-refractivity contribution in [1.29, 1.82) is 0 Å². The van der Waals surface area contributed by atoms with Gasteiger partial charge in [-0.2, -0.15) is 0 Å². The van der Waals surface area contributed by atoms with E-state index in [1.807, 2.05) is 11.8 Å². The smallest absolute Gasteiger partial charge is 0.237 e. The van der Waals surface area contributed by atoms with E-state index in [2.05, 4.69) is 43.3 Å². The topological polar surface area (TPSA) is 144 Å². The van der Waals surface area contributed by atoms with Crippen LogP contribution in [0.4, 0.5) is 4.39 Å². The zero-order valence-corrected chi connectivity index (χ0v) is 30.9. The number of hydrogen-bond donors (Lipinski definition) is 5. The minimum atomic E-state index is -0.781. The standard InChI is InChI=1S/C39H58FN7O5/c1-27-35(52-26-44-27)24-51-34-20-29-11-16-46(22-30(29)19-33(34)40)23-32(49)21-41-37(50)36-39(14-9-7-5-3-4-6-8-10-15-39)38(43-25-42-36)45-31-12-17-47(18-13-31)28(2)48/h5,7,19-20,26,31-32,36,38,42-43,45,49H,3-4,6,8-18,21-25H2,1-2H3,(H,41,50)/b7-5-/t32-,36?,38?,39?/m0/s1. The van der Waals surface area contributed by atoms with Crippen LogP contribution in [0.3, 0.4) is 0 Å². The van der Waals surface area contributed by atoms with Gasteiger partial charge in [-0.25, -0.2) is 9.37 Å². The molecule has 4 aliphatic rings. The highest BCUT2D eigenvalue weighted by Gasteiger charge is 2.50. The molecule has 4 heterocycles. The zero-order valence-electron chi connectivity index (χ0n) is 30.9. The number of aliphatic hydroxyl groups is 1. The first-order valence-electron chi connectivity index (χ1n) is 19.4. The average molecular weight is 724 g/mol. The third-order valence-corrected chi connectivity index (χ3v) is 11.6. The molecule has 6 rings (SSSR count). The molecule has 2 aromatic rings. The molecule has 1 aliphatic carbocycles. The molecule has 1 aromatic heterocycles. The van der Waals surface area contributed by atoms with Crippen molar-refractivity contribution in [1.82, 2.24) is 36.1 Å². The number of aliphatic hydroxyl groups excluding tert-OH is 1. The average Bonchev–Trinajstić information content (AvgIpc) is 3.53. The molecule has 4 atom stereocenters. The molecule has 0 radical (unpaired) electrons. The number of nitrogens with zero attached hydrogens (tertiary/aromatic N) is 3. The number of halogens is 1. The SMILES string of the molecule is CC(=O)N1CCC(NC2NCNC(C(=O)NC[C@H](O)CN3CCc4cc(OCc5ocnc5C)c(F)cc4C3)C23CC/C=C\CCCCCC3)CC1. The number of nitrogens with one attached hydrogen (secondary N) is 4. The summed E-state index contributed by atoms with van der Waals surface area (Å²) in [6, 6.07) is 3.11. The van der Waals surface area contributed by atoms with Crippen LogP contribution >= 0.6 is 0 Å². The summed E-state index contributed by atoms with van der Waals surface area (Å²) < 4.78 is 26.1. The molecule has 1 spiro atoms. The fourth-order valence-corrected chi connectivity index (χ4v) is 8.54. The summed E-state index contributed by atoms with van der Waals surface area (Å²) in [6.07, 6.45) is 15.8. The molecule has 0 bridgehead atoms. The third kappa shape index (κ3) is 9.59. The normalized spacial score (nSPS) is 26.3. The molecule has 5 N–H and O–H groups in total. The van der Waals surface area contributed by atoms with Crippen LogP contribution in [0.2, 0.25) is 0 Å². The lowest BCUT2D eigenvalue weighted by Gasteiger charge is -2.52. The van der Waals surface area contributed by atoms with Crippen LogP contribution in [0.15, 0.2) is 35.1 Å². The van der Waals surface area contributed by atoms with Crippen molar-refractivity contribution >= 4 is 11.8 Å². The van der Waals surface area contributed by atoms with Gasteiger partial charge in [0, 0.05) is 64.3 Å². The van der Waals surface area contributed by atoms with Crippen molar-refractivity contribution in [3.8, 4) is 5.75 Å². The maximum Gasteiger partial charge on any atom is 0.237 e. The second-order valence-corrected chi connectivity index (χ2v) is 15.2. The first-order valence-corrected chi connectivity index (χ1v) is 19.4. The fourth-order valence-electron chi connectivity index (χ4n) is 8.54. The van der Waals surface area contributed by atoms with Crippen molar-refractivity contribution in [2.24, 2.45) is 5.41 Å². The van der Waals surface area contributed by atoms with Crippen molar-refractivity contribution in [2.45, 2.75) is 122 Å². The van der Waals surface area contributed by atoms with Crippen LogP contribution in [-0.4, -0.2) is 95.5 Å². The summed E-state index contributed by atoms with van der Waals surface area (Å²) in [6.45, 7) is 7.25. The van der Waals surface area contributed by atoms with Crippen LogP contribution < -0.4 is 26.0 Å². The number of carbonyl (C=O) groups excluding carboxylic acids is 2. The number of carbonyl (C=O) groups is 2. The Labute approximate surface area is 307 Å². The maximum atomic E-state index is 15.0. The Balaban J connectivity index is 1.06. The van der Waals surface area contributed by atoms with Gasteiger partial charge < -0.3 is 24.5 Å². The predicted octanol–water partition coefficient (Wildman–Crippen LogP) is 3.66. The number of rotatable bonds is 10. The molecule has 52 heavy (non-hydrogen) atoms. The van der Waals surface area contributed by atoms with E-state index < -0.39 is 18.0 Å². The summed E-state index contributed by atoms with van der Waals surface area (Å²) >= 11 is 0. The Morgan fingerprint density at radius 1 is 1.10 bits per heavy atom. The molecule has 2 amide bonds. The summed E-state index contributed by atoms with van der Waals surface area (Å²) in [7, 11) is 0. The number of ether oxygens (including phenoxy) is 1. The van der Waals surface area contributed by atoms with Crippen LogP contribution in [-0.2, 0) is 29.2 Å². The number of aromatic nitrogens is 1. The van der Waals surface area contributed by atoms with Gasteiger partial charge in [0.15, 0.2) is 23.7 Å². The molecule has 0 saturated carbocycles. The molecule has 3 unspecified atom stereocenters. The highest BCUT2D eigenvalue weighted by atomic mass is 19.1. The van der Waals surface area contributed by atoms with Gasteiger partial charge in [-0.05, 0) is 81.5 Å². The van der Waals surface area contributed by atoms with Gasteiger partial charge in [0.1, 0.15) is 6.61 Å². The molecule has 2 fully saturated rings. The number of fused-ring (bicyclic) bond motifs is 1. The van der Waals surface area contributed by atoms with Gasteiger partial charge in [0.25, 0.3) is 0 Å². The van der Waals surface area contributed by atoms with E-state index in [9.17, 15) is 14.7 Å². The van der Waals surface area contributed by atoms with Gasteiger partial charge >= 0.3 is 0 Å². The number of allylic oxidation sites excluding steroid dienone is 2. The predicted molar refractivity (Wildman–Crippen MR) is 196 cm³/mol. The van der Waals surface area contributed by atoms with Gasteiger partial charge in [-0.15, -0.1) is 0 Å². The number of oxazole rings is 1. The molecular weight excluding hydrogens is 665 g/mol. The highest BCUT2D eigenvalue weighted by molar-refractivity contribution is 5.83. The highest BCUT2D eigenvalue weighted by Crippen LogP contribution is 2.40. The van der Waals surface area contributed by atoms with Crippen LogP contribution in [0.1, 0.15) is 93.7 Å². The van der Waals surface area contributed by atoms with E-state index in [1.165, 1.54) is 25.3 Å². The molecule has 3 aliphatic heterocycles. The number of amides is 2. The quantitative estimate of drug-likeness (QED) is 0.231. The monoisotopic (exact) mass is 723 g/mol. The Morgan fingerprint density at radius 2 is 1.90 bits per heavy atom. The Kier molecular flexibility index (Phi) is 13.4. The van der Waals surface area contributed by atoms with Crippen molar-refractivity contribution in [3.63, 3.8) is 0 Å². The first-order chi connectivity index (χ1) is 25.2. The largest absolute Gasteiger partial charge is 0.482 e. The third-order valence-electron chi connectivity index (χ3n) is 11.6. The van der Waals surface area contributed by atoms with Crippen molar-refractivity contribution in [3.05, 3.63) is 59.1 Å². The Morgan fingerprint density at radius 3 is 2.69 bits per heavy atom. The van der Waals surface area contributed by atoms with Crippen LogP contribution in [0.25, 0.3) is 0 Å². The van der Waals surface area contributed by atoms with Crippen LogP contribution in [0, 0.1) is 18.2 Å². The number of hydrogen-bond acceptors (Lipinski definition) is 10. The lowest BCUT2D eigenvalue weighted by atomic mass is 9.68. The number of likely N-dealkylation sites (tertiary alicyclic amines) is 1. The maximum absolute atomic E-state index is 15.0. The molecule has 2 saturated heterocycles. The number of piperidine rings is 1. The summed E-state index contributed by atoms with van der Waals surface area (Å²) in [5.74, 6) is 0.357. The molecular formula is C39H58FN7O5. The molecule has 286 valence electrons. The van der Waals surface area contributed by atoms with Gasteiger partial charge in [-0.1, -0.05) is 31.4 Å². The molecule has 13 heteroatoms. The summed E-state index contributed by atoms with van der Waals surface area (Å²) in [5, 5.41) is 25.4. The van der Waals surface area contributed by atoms with E-state index in [-0.39, 0.29) is 48.3 Å². The Hall–Kier alpha value is -3.36. The number of benzene rings is 1. The van der Waals surface area contributed by atoms with Crippen LogP contribution in [0.5, 0.6) is 5.75 Å². The van der Waals surface area contributed by atoms with E-state index in [4.69, 9.17) is 9.15 Å². The van der Waals surface area contributed by atoms with Gasteiger partial charge in [-0.3, -0.25) is 30.4 Å². The fraction of sp³-hybridized carbons (Fsp3) is 0.667. The zero-order chi connectivity index (χ0) is 36.5. The number of β-amino-alcohol motifs (C(OH)–C–C–N with tert-alkyl or cyclic N) is 1. The second kappa shape index (κ2) is 18.1. The van der Waals surface area contributed by atoms with Crippen molar-refractivity contribution in [2.75, 3.05) is 39.4 Å². The molecule has 1 aromatic carbocycles.